The highest BCUT2D eigenvalue weighted by atomic mass is 35.5. The predicted molar refractivity (Wildman–Crippen MR) is 78.1 cm³/mol. The Morgan fingerprint density at radius 3 is 2.26 bits per heavy atom. The van der Waals surface area contributed by atoms with Gasteiger partial charge in [0.1, 0.15) is 5.75 Å². The van der Waals surface area contributed by atoms with Crippen LogP contribution in [0.3, 0.4) is 0 Å². The van der Waals surface area contributed by atoms with Crippen molar-refractivity contribution in [1.82, 2.24) is 0 Å². The van der Waals surface area contributed by atoms with Crippen LogP contribution < -0.4 is 4.74 Å². The molecule has 0 atom stereocenters. The van der Waals surface area contributed by atoms with Gasteiger partial charge in [0.15, 0.2) is 5.78 Å². The first kappa shape index (κ1) is 13.6. The molecule has 98 valence electrons. The summed E-state index contributed by atoms with van der Waals surface area (Å²) in [7, 11) is 0. The first-order valence-electron chi connectivity index (χ1n) is 6.15. The maximum atomic E-state index is 11.3. The summed E-state index contributed by atoms with van der Waals surface area (Å²) in [5.74, 6) is 0.820. The molecular formula is C16H15ClO2. The molecule has 19 heavy (non-hydrogen) atoms. The summed E-state index contributed by atoms with van der Waals surface area (Å²) in [5.41, 5.74) is 2.58. The number of ketones is 1. The molecule has 0 heterocycles. The lowest BCUT2D eigenvalue weighted by atomic mass is 10.0. The monoisotopic (exact) mass is 274 g/mol. The number of carbonyl (C=O) groups is 1. The quantitative estimate of drug-likeness (QED) is 0.761. The van der Waals surface area contributed by atoms with Crippen LogP contribution >= 0.6 is 11.6 Å². The smallest absolute Gasteiger partial charge is 0.161 e. The van der Waals surface area contributed by atoms with E-state index in [1.807, 2.05) is 43.3 Å². The molecule has 0 saturated heterocycles. The fraction of sp³-hybridized carbons (Fsp3) is 0.188. The van der Waals surface area contributed by atoms with Gasteiger partial charge in [-0.05, 0) is 49.2 Å². The minimum absolute atomic E-state index is 0.0248. The van der Waals surface area contributed by atoms with Crippen molar-refractivity contribution in [1.29, 1.82) is 0 Å². The fourth-order valence-electron chi connectivity index (χ4n) is 1.89. The molecule has 2 aromatic carbocycles. The second kappa shape index (κ2) is 5.89. The van der Waals surface area contributed by atoms with Crippen molar-refractivity contribution in [3.05, 3.63) is 53.1 Å². The van der Waals surface area contributed by atoms with Crippen molar-refractivity contribution >= 4 is 17.4 Å². The minimum atomic E-state index is -0.0248. The Labute approximate surface area is 118 Å². The Hall–Kier alpha value is -1.80. The number of ether oxygens (including phenoxy) is 1. The number of hydrogen-bond donors (Lipinski definition) is 0. The summed E-state index contributed by atoms with van der Waals surface area (Å²) < 4.78 is 5.40. The third-order valence-electron chi connectivity index (χ3n) is 2.85. The third-order valence-corrected chi connectivity index (χ3v) is 3.16. The van der Waals surface area contributed by atoms with Gasteiger partial charge in [0, 0.05) is 5.56 Å². The lowest BCUT2D eigenvalue weighted by molar-refractivity contribution is 0.101. The summed E-state index contributed by atoms with van der Waals surface area (Å²) >= 11 is 6.11. The van der Waals surface area contributed by atoms with E-state index in [0.29, 0.717) is 17.2 Å². The van der Waals surface area contributed by atoms with Gasteiger partial charge in [0.2, 0.25) is 0 Å². The molecule has 2 rings (SSSR count). The van der Waals surface area contributed by atoms with E-state index in [1.165, 1.54) is 6.92 Å². The number of carbonyl (C=O) groups excluding carboxylic acids is 1. The normalized spacial score (nSPS) is 10.3. The highest BCUT2D eigenvalue weighted by Crippen LogP contribution is 2.27. The van der Waals surface area contributed by atoms with Gasteiger partial charge >= 0.3 is 0 Å². The van der Waals surface area contributed by atoms with Gasteiger partial charge in [-0.2, -0.15) is 0 Å². The second-order valence-corrected chi connectivity index (χ2v) is 4.62. The van der Waals surface area contributed by atoms with Gasteiger partial charge in [0.05, 0.1) is 11.6 Å². The van der Waals surface area contributed by atoms with E-state index < -0.39 is 0 Å². The highest BCUT2D eigenvalue weighted by molar-refractivity contribution is 6.34. The van der Waals surface area contributed by atoms with Crippen LogP contribution in [0.4, 0.5) is 0 Å². The molecular weight excluding hydrogens is 260 g/mol. The lowest BCUT2D eigenvalue weighted by Crippen LogP contribution is -1.93. The first-order chi connectivity index (χ1) is 9.11. The zero-order valence-electron chi connectivity index (χ0n) is 10.9. The molecule has 0 aromatic heterocycles. The topological polar surface area (TPSA) is 26.3 Å². The number of Topliss-reactive ketones (excluding diaryl/α,β-unsaturated/α-hetero) is 1. The van der Waals surface area contributed by atoms with Gasteiger partial charge < -0.3 is 4.74 Å². The van der Waals surface area contributed by atoms with Gasteiger partial charge in [-0.1, -0.05) is 29.8 Å². The van der Waals surface area contributed by atoms with E-state index in [4.69, 9.17) is 16.3 Å². The van der Waals surface area contributed by atoms with E-state index in [1.54, 1.807) is 6.07 Å². The largest absolute Gasteiger partial charge is 0.494 e. The van der Waals surface area contributed by atoms with Gasteiger partial charge in [0.25, 0.3) is 0 Å². The minimum Gasteiger partial charge on any atom is -0.494 e. The molecule has 0 spiro atoms. The van der Waals surface area contributed by atoms with Crippen molar-refractivity contribution in [3.63, 3.8) is 0 Å². The average molecular weight is 275 g/mol. The number of rotatable bonds is 4. The Morgan fingerprint density at radius 1 is 1.11 bits per heavy atom. The summed E-state index contributed by atoms with van der Waals surface area (Å²) in [5, 5.41) is 0.485. The van der Waals surface area contributed by atoms with Crippen molar-refractivity contribution in [2.24, 2.45) is 0 Å². The molecule has 2 aromatic rings. The molecule has 0 fully saturated rings. The van der Waals surface area contributed by atoms with E-state index in [-0.39, 0.29) is 5.78 Å². The van der Waals surface area contributed by atoms with E-state index in [0.717, 1.165) is 16.9 Å². The first-order valence-corrected chi connectivity index (χ1v) is 6.53. The van der Waals surface area contributed by atoms with Gasteiger partial charge in [-0.15, -0.1) is 0 Å². The van der Waals surface area contributed by atoms with E-state index in [2.05, 4.69) is 0 Å². The van der Waals surface area contributed by atoms with Gasteiger partial charge in [-0.3, -0.25) is 4.79 Å². The number of benzene rings is 2. The molecule has 2 nitrogen and oxygen atoms in total. The van der Waals surface area contributed by atoms with Gasteiger partial charge in [-0.25, -0.2) is 0 Å². The number of halogens is 1. The SMILES string of the molecule is CCOc1ccc(-c2ccc(C(C)=O)c(Cl)c2)cc1. The second-order valence-electron chi connectivity index (χ2n) is 4.21. The lowest BCUT2D eigenvalue weighted by Gasteiger charge is -2.07. The highest BCUT2D eigenvalue weighted by Gasteiger charge is 2.07. The van der Waals surface area contributed by atoms with Crippen molar-refractivity contribution in [2.45, 2.75) is 13.8 Å². The Kier molecular flexibility index (Phi) is 4.23. The zero-order chi connectivity index (χ0) is 13.8. The summed E-state index contributed by atoms with van der Waals surface area (Å²) in [6.45, 7) is 4.12. The Bertz CT molecular complexity index is 588. The summed E-state index contributed by atoms with van der Waals surface area (Å²) in [6.07, 6.45) is 0. The van der Waals surface area contributed by atoms with Crippen molar-refractivity contribution in [2.75, 3.05) is 6.61 Å². The molecule has 0 amide bonds. The zero-order valence-corrected chi connectivity index (χ0v) is 11.7. The fourth-order valence-corrected chi connectivity index (χ4v) is 2.20. The standard InChI is InChI=1S/C16H15ClO2/c1-3-19-14-7-4-12(5-8-14)13-6-9-15(11(2)18)16(17)10-13/h4-10H,3H2,1-2H3. The molecule has 0 bridgehead atoms. The van der Waals surface area contributed by atoms with Crippen LogP contribution in [0, 0.1) is 0 Å². The molecule has 0 aliphatic carbocycles. The van der Waals surface area contributed by atoms with Crippen LogP contribution in [0.1, 0.15) is 24.2 Å². The summed E-state index contributed by atoms with van der Waals surface area (Å²) in [6, 6.07) is 13.3. The molecule has 0 saturated carbocycles. The molecule has 0 aliphatic heterocycles. The van der Waals surface area contributed by atoms with E-state index in [9.17, 15) is 4.79 Å². The third kappa shape index (κ3) is 3.15. The molecule has 3 heteroatoms. The predicted octanol–water partition coefficient (Wildman–Crippen LogP) is 4.61. The van der Waals surface area contributed by atoms with Crippen LogP contribution in [-0.4, -0.2) is 12.4 Å². The maximum absolute atomic E-state index is 11.3. The molecule has 0 aliphatic rings. The average Bonchev–Trinajstić information content (AvgIpc) is 2.39. The van der Waals surface area contributed by atoms with Crippen LogP contribution in [-0.2, 0) is 0 Å². The molecule has 0 unspecified atom stereocenters. The van der Waals surface area contributed by atoms with Crippen LogP contribution in [0.2, 0.25) is 5.02 Å². The molecule has 0 N–H and O–H groups in total. The van der Waals surface area contributed by atoms with Crippen molar-refractivity contribution in [3.8, 4) is 16.9 Å². The Morgan fingerprint density at radius 2 is 1.74 bits per heavy atom. The van der Waals surface area contributed by atoms with Crippen molar-refractivity contribution < 1.29 is 9.53 Å². The Balaban J connectivity index is 2.31. The van der Waals surface area contributed by atoms with Crippen LogP contribution in [0.15, 0.2) is 42.5 Å². The summed E-state index contributed by atoms with van der Waals surface area (Å²) in [4.78, 5) is 11.3. The van der Waals surface area contributed by atoms with Crippen LogP contribution in [0.5, 0.6) is 5.75 Å². The van der Waals surface area contributed by atoms with Crippen LogP contribution in [0.25, 0.3) is 11.1 Å². The van der Waals surface area contributed by atoms with E-state index >= 15 is 0 Å². The maximum Gasteiger partial charge on any atom is 0.161 e. The molecule has 0 radical (unpaired) electrons. The number of hydrogen-bond acceptors (Lipinski definition) is 2.